The van der Waals surface area contributed by atoms with Gasteiger partial charge in [-0.3, -0.25) is 4.79 Å². The number of amides is 1. The zero-order valence-corrected chi connectivity index (χ0v) is 16.0. The van der Waals surface area contributed by atoms with E-state index in [9.17, 15) is 13.2 Å². The Morgan fingerprint density at radius 2 is 1.92 bits per heavy atom. The summed E-state index contributed by atoms with van der Waals surface area (Å²) in [6, 6.07) is 14.6. The number of hydrogen-bond donors (Lipinski definition) is 1. The third kappa shape index (κ3) is 3.59. The average molecular weight is 373 g/mol. The Labute approximate surface area is 154 Å². The number of nitrogens with one attached hydrogen (secondary N) is 1. The molecule has 1 atom stereocenters. The van der Waals surface area contributed by atoms with Gasteiger partial charge < -0.3 is 10.2 Å². The number of anilines is 2. The lowest BCUT2D eigenvalue weighted by atomic mass is 10.1. The lowest BCUT2D eigenvalue weighted by Crippen LogP contribution is -2.37. The molecule has 0 spiro atoms. The van der Waals surface area contributed by atoms with Gasteiger partial charge in [0.05, 0.1) is 11.4 Å². The number of carbonyl (C=O) groups is 1. The van der Waals surface area contributed by atoms with Gasteiger partial charge in [-0.25, -0.2) is 12.7 Å². The summed E-state index contributed by atoms with van der Waals surface area (Å²) in [5, 5.41) is 2.81. The lowest BCUT2D eigenvalue weighted by Gasteiger charge is -2.24. The van der Waals surface area contributed by atoms with Crippen molar-refractivity contribution in [1.82, 2.24) is 4.31 Å². The van der Waals surface area contributed by atoms with Gasteiger partial charge in [0.25, 0.3) is 0 Å². The molecule has 6 nitrogen and oxygen atoms in total. The number of benzene rings is 2. The summed E-state index contributed by atoms with van der Waals surface area (Å²) in [6.07, 6.45) is 0.917. The molecule has 0 aromatic heterocycles. The highest BCUT2D eigenvalue weighted by molar-refractivity contribution is 7.89. The van der Waals surface area contributed by atoms with Crippen molar-refractivity contribution in [2.24, 2.45) is 0 Å². The van der Waals surface area contributed by atoms with Crippen LogP contribution in [0.15, 0.2) is 53.4 Å². The number of carbonyl (C=O) groups excluding carboxylic acids is 1. The minimum atomic E-state index is -3.53. The summed E-state index contributed by atoms with van der Waals surface area (Å²) in [6.45, 7) is 2.32. The molecule has 1 aliphatic heterocycles. The standard InChI is InChI=1S/C19H23N3O3S/c1-14-11-15-7-4-5-10-18(15)22(14)13-19(23)20-16-8-6-9-17(12-16)26(24,25)21(2)3/h4-10,12,14H,11,13H2,1-3H3,(H,20,23)/t14-/m1/s1. The number of fused-ring (bicyclic) bond motifs is 1. The van der Waals surface area contributed by atoms with Crippen LogP contribution in [0, 0.1) is 0 Å². The van der Waals surface area contributed by atoms with E-state index >= 15 is 0 Å². The highest BCUT2D eigenvalue weighted by atomic mass is 32.2. The highest BCUT2D eigenvalue weighted by Crippen LogP contribution is 2.31. The van der Waals surface area contributed by atoms with Gasteiger partial charge in [-0.2, -0.15) is 0 Å². The van der Waals surface area contributed by atoms with Gasteiger partial charge in [0, 0.05) is 31.5 Å². The lowest BCUT2D eigenvalue weighted by molar-refractivity contribution is -0.115. The van der Waals surface area contributed by atoms with Gasteiger partial charge >= 0.3 is 0 Å². The van der Waals surface area contributed by atoms with E-state index in [1.807, 2.05) is 18.2 Å². The minimum absolute atomic E-state index is 0.153. The number of sulfonamides is 1. The van der Waals surface area contributed by atoms with Crippen LogP contribution in [0.25, 0.3) is 0 Å². The van der Waals surface area contributed by atoms with Crippen molar-refractivity contribution < 1.29 is 13.2 Å². The molecule has 0 bridgehead atoms. The van der Waals surface area contributed by atoms with Crippen molar-refractivity contribution in [3.05, 3.63) is 54.1 Å². The summed E-state index contributed by atoms with van der Waals surface area (Å²) in [5.74, 6) is -0.173. The van der Waals surface area contributed by atoms with E-state index in [1.165, 1.54) is 31.8 Å². The molecule has 7 heteroatoms. The molecule has 0 saturated heterocycles. The zero-order chi connectivity index (χ0) is 18.9. The molecule has 3 rings (SSSR count). The van der Waals surface area contributed by atoms with Crippen LogP contribution in [-0.2, 0) is 21.2 Å². The monoisotopic (exact) mass is 373 g/mol. The molecule has 1 amide bonds. The predicted molar refractivity (Wildman–Crippen MR) is 103 cm³/mol. The number of hydrogen-bond acceptors (Lipinski definition) is 4. The van der Waals surface area contributed by atoms with Crippen molar-refractivity contribution in [2.75, 3.05) is 30.9 Å². The Balaban J connectivity index is 1.74. The maximum atomic E-state index is 12.5. The summed E-state index contributed by atoms with van der Waals surface area (Å²) in [7, 11) is -0.577. The quantitative estimate of drug-likeness (QED) is 0.873. The van der Waals surface area contributed by atoms with Crippen LogP contribution in [0.1, 0.15) is 12.5 Å². The van der Waals surface area contributed by atoms with Gasteiger partial charge in [0.15, 0.2) is 0 Å². The Bertz CT molecular complexity index is 925. The first-order valence-electron chi connectivity index (χ1n) is 8.46. The Kier molecular flexibility index (Phi) is 5.02. The van der Waals surface area contributed by atoms with Crippen LogP contribution in [0.4, 0.5) is 11.4 Å². The normalized spacial score (nSPS) is 16.6. The van der Waals surface area contributed by atoms with E-state index < -0.39 is 10.0 Å². The molecule has 1 heterocycles. The Morgan fingerprint density at radius 1 is 1.19 bits per heavy atom. The second-order valence-electron chi connectivity index (χ2n) is 6.67. The highest BCUT2D eigenvalue weighted by Gasteiger charge is 2.27. The third-order valence-electron chi connectivity index (χ3n) is 4.56. The van der Waals surface area contributed by atoms with E-state index in [2.05, 4.69) is 23.2 Å². The van der Waals surface area contributed by atoms with Crippen LogP contribution in [-0.4, -0.2) is 45.3 Å². The van der Waals surface area contributed by atoms with Crippen LogP contribution in [0.3, 0.4) is 0 Å². The second kappa shape index (κ2) is 7.09. The molecule has 2 aromatic rings. The van der Waals surface area contributed by atoms with Gasteiger partial charge in [-0.05, 0) is 43.2 Å². The van der Waals surface area contributed by atoms with Crippen molar-refractivity contribution >= 4 is 27.3 Å². The van der Waals surface area contributed by atoms with Crippen LogP contribution < -0.4 is 10.2 Å². The molecule has 1 aliphatic rings. The topological polar surface area (TPSA) is 69.7 Å². The molecule has 26 heavy (non-hydrogen) atoms. The Hall–Kier alpha value is -2.38. The fraction of sp³-hybridized carbons (Fsp3) is 0.316. The second-order valence-corrected chi connectivity index (χ2v) is 8.83. The number of para-hydroxylation sites is 1. The number of rotatable bonds is 5. The number of nitrogens with zero attached hydrogens (tertiary/aromatic N) is 2. The molecule has 0 aliphatic carbocycles. The molecule has 0 unspecified atom stereocenters. The van der Waals surface area contributed by atoms with E-state index in [0.29, 0.717) is 5.69 Å². The average Bonchev–Trinajstić information content (AvgIpc) is 2.90. The fourth-order valence-corrected chi connectivity index (χ4v) is 4.12. The summed E-state index contributed by atoms with van der Waals surface area (Å²) in [4.78, 5) is 14.7. The first-order valence-corrected chi connectivity index (χ1v) is 9.90. The fourth-order valence-electron chi connectivity index (χ4n) is 3.17. The molecule has 0 saturated carbocycles. The maximum absolute atomic E-state index is 12.5. The summed E-state index contributed by atoms with van der Waals surface area (Å²) < 4.78 is 25.6. The van der Waals surface area contributed by atoms with Crippen molar-refractivity contribution in [1.29, 1.82) is 0 Å². The summed E-state index contributed by atoms with van der Waals surface area (Å²) >= 11 is 0. The molecule has 2 aromatic carbocycles. The van der Waals surface area contributed by atoms with Crippen LogP contribution >= 0.6 is 0 Å². The SMILES string of the molecule is C[C@@H]1Cc2ccccc2N1CC(=O)Nc1cccc(S(=O)(=O)N(C)C)c1. The van der Waals surface area contributed by atoms with E-state index in [-0.39, 0.29) is 23.4 Å². The molecule has 0 fully saturated rings. The van der Waals surface area contributed by atoms with E-state index in [4.69, 9.17) is 0 Å². The molecular formula is C19H23N3O3S. The Morgan fingerprint density at radius 3 is 2.65 bits per heavy atom. The maximum Gasteiger partial charge on any atom is 0.243 e. The summed E-state index contributed by atoms with van der Waals surface area (Å²) in [5.41, 5.74) is 2.80. The van der Waals surface area contributed by atoms with Crippen molar-refractivity contribution in [3.8, 4) is 0 Å². The van der Waals surface area contributed by atoms with Gasteiger partial charge in [-0.1, -0.05) is 24.3 Å². The molecule has 0 radical (unpaired) electrons. The first-order chi connectivity index (χ1) is 12.3. The zero-order valence-electron chi connectivity index (χ0n) is 15.1. The van der Waals surface area contributed by atoms with Gasteiger partial charge in [0.2, 0.25) is 15.9 Å². The van der Waals surface area contributed by atoms with Gasteiger partial charge in [0.1, 0.15) is 0 Å². The first kappa shape index (κ1) is 18.4. The molecular weight excluding hydrogens is 350 g/mol. The third-order valence-corrected chi connectivity index (χ3v) is 6.37. The minimum Gasteiger partial charge on any atom is -0.359 e. The molecule has 1 N–H and O–H groups in total. The van der Waals surface area contributed by atoms with Crippen molar-refractivity contribution in [3.63, 3.8) is 0 Å². The smallest absolute Gasteiger partial charge is 0.243 e. The van der Waals surface area contributed by atoms with E-state index in [0.717, 1.165) is 16.4 Å². The largest absolute Gasteiger partial charge is 0.359 e. The predicted octanol–water partition coefficient (Wildman–Crippen LogP) is 2.33. The van der Waals surface area contributed by atoms with Gasteiger partial charge in [-0.15, -0.1) is 0 Å². The van der Waals surface area contributed by atoms with Crippen LogP contribution in [0.5, 0.6) is 0 Å². The van der Waals surface area contributed by atoms with Crippen molar-refractivity contribution in [2.45, 2.75) is 24.3 Å². The van der Waals surface area contributed by atoms with E-state index in [1.54, 1.807) is 12.1 Å². The van der Waals surface area contributed by atoms with Crippen LogP contribution in [0.2, 0.25) is 0 Å². The molecule has 138 valence electrons.